The maximum atomic E-state index is 11.9. The predicted octanol–water partition coefficient (Wildman–Crippen LogP) is 2.59. The standard InChI is InChI=1S/C16H25N3O4/c1-5-8-23-11(2)10-17-16(21)19-13-6-7-15(22-4)14(9-13)18-12(3)20/h6-7,9,11H,5,8,10H2,1-4H3,(H,18,20)(H2,17,19,21)/t11-/m1/s1. The highest BCUT2D eigenvalue weighted by Gasteiger charge is 2.09. The number of rotatable bonds is 8. The van der Waals surface area contributed by atoms with Gasteiger partial charge in [-0.2, -0.15) is 0 Å². The summed E-state index contributed by atoms with van der Waals surface area (Å²) in [5.74, 6) is 0.305. The molecule has 0 heterocycles. The molecule has 1 aromatic carbocycles. The van der Waals surface area contributed by atoms with Crippen LogP contribution in [0.1, 0.15) is 27.2 Å². The number of methoxy groups -OCH3 is 1. The summed E-state index contributed by atoms with van der Waals surface area (Å²) < 4.78 is 10.6. The Hall–Kier alpha value is -2.28. The van der Waals surface area contributed by atoms with Gasteiger partial charge >= 0.3 is 6.03 Å². The Morgan fingerprint density at radius 3 is 2.61 bits per heavy atom. The number of carbonyl (C=O) groups excluding carboxylic acids is 2. The molecule has 0 aliphatic heterocycles. The van der Waals surface area contributed by atoms with Gasteiger partial charge in [-0.25, -0.2) is 4.79 Å². The lowest BCUT2D eigenvalue weighted by Crippen LogP contribution is -2.35. The summed E-state index contributed by atoms with van der Waals surface area (Å²) in [6.07, 6.45) is 0.889. The molecule has 128 valence electrons. The van der Waals surface area contributed by atoms with E-state index in [0.717, 1.165) is 6.42 Å². The minimum Gasteiger partial charge on any atom is -0.495 e. The van der Waals surface area contributed by atoms with Crippen molar-refractivity contribution in [3.63, 3.8) is 0 Å². The van der Waals surface area contributed by atoms with Crippen molar-refractivity contribution in [2.45, 2.75) is 33.3 Å². The molecule has 0 bridgehead atoms. The summed E-state index contributed by atoms with van der Waals surface area (Å²) in [6.45, 7) is 6.43. The van der Waals surface area contributed by atoms with Crippen LogP contribution in [-0.4, -0.2) is 38.3 Å². The third kappa shape index (κ3) is 7.01. The van der Waals surface area contributed by atoms with Crippen LogP contribution in [0, 0.1) is 0 Å². The van der Waals surface area contributed by atoms with E-state index >= 15 is 0 Å². The van der Waals surface area contributed by atoms with E-state index in [1.54, 1.807) is 18.2 Å². The molecule has 0 spiro atoms. The molecule has 0 aliphatic rings. The largest absolute Gasteiger partial charge is 0.495 e. The first-order valence-electron chi connectivity index (χ1n) is 7.58. The maximum absolute atomic E-state index is 11.9. The molecule has 3 N–H and O–H groups in total. The molecule has 3 amide bonds. The zero-order valence-electron chi connectivity index (χ0n) is 14.1. The minimum absolute atomic E-state index is 0.0495. The van der Waals surface area contributed by atoms with Crippen molar-refractivity contribution in [3.05, 3.63) is 18.2 Å². The van der Waals surface area contributed by atoms with Crippen LogP contribution in [-0.2, 0) is 9.53 Å². The third-order valence-electron chi connectivity index (χ3n) is 2.92. The van der Waals surface area contributed by atoms with E-state index in [2.05, 4.69) is 16.0 Å². The fourth-order valence-corrected chi connectivity index (χ4v) is 1.86. The summed E-state index contributed by atoms with van der Waals surface area (Å²) in [4.78, 5) is 23.1. The number of urea groups is 1. The van der Waals surface area contributed by atoms with Crippen molar-refractivity contribution < 1.29 is 19.1 Å². The van der Waals surface area contributed by atoms with E-state index in [4.69, 9.17) is 9.47 Å². The minimum atomic E-state index is -0.337. The molecule has 0 aromatic heterocycles. The van der Waals surface area contributed by atoms with Crippen LogP contribution in [0.5, 0.6) is 5.75 Å². The summed E-state index contributed by atoms with van der Waals surface area (Å²) in [5.41, 5.74) is 1.05. The second-order valence-electron chi connectivity index (χ2n) is 5.11. The first-order chi connectivity index (χ1) is 11.0. The predicted molar refractivity (Wildman–Crippen MR) is 90.0 cm³/mol. The highest BCUT2D eigenvalue weighted by atomic mass is 16.5. The van der Waals surface area contributed by atoms with Gasteiger partial charge in [-0.3, -0.25) is 4.79 Å². The Labute approximate surface area is 136 Å². The molecule has 0 radical (unpaired) electrons. The van der Waals surface area contributed by atoms with Gasteiger partial charge in [-0.15, -0.1) is 0 Å². The van der Waals surface area contributed by atoms with Crippen LogP contribution >= 0.6 is 0 Å². The molecule has 0 unspecified atom stereocenters. The highest BCUT2D eigenvalue weighted by molar-refractivity contribution is 5.94. The third-order valence-corrected chi connectivity index (χ3v) is 2.92. The van der Waals surface area contributed by atoms with Gasteiger partial charge in [-0.05, 0) is 31.5 Å². The van der Waals surface area contributed by atoms with Crippen LogP contribution in [0.15, 0.2) is 18.2 Å². The number of amides is 3. The number of benzene rings is 1. The van der Waals surface area contributed by atoms with Crippen LogP contribution in [0.25, 0.3) is 0 Å². The van der Waals surface area contributed by atoms with Gasteiger partial charge in [0.15, 0.2) is 0 Å². The Kier molecular flexibility index (Phi) is 7.90. The van der Waals surface area contributed by atoms with E-state index in [1.807, 2.05) is 13.8 Å². The Morgan fingerprint density at radius 2 is 2.00 bits per heavy atom. The van der Waals surface area contributed by atoms with Gasteiger partial charge in [-0.1, -0.05) is 6.92 Å². The average Bonchev–Trinajstić information content (AvgIpc) is 2.50. The van der Waals surface area contributed by atoms with Gasteiger partial charge in [0, 0.05) is 25.8 Å². The van der Waals surface area contributed by atoms with Gasteiger partial charge in [0.2, 0.25) is 5.91 Å². The molecular formula is C16H25N3O4. The molecular weight excluding hydrogens is 298 g/mol. The van der Waals surface area contributed by atoms with Crippen LogP contribution in [0.4, 0.5) is 16.2 Å². The number of nitrogens with one attached hydrogen (secondary N) is 3. The van der Waals surface area contributed by atoms with Crippen molar-refractivity contribution in [1.29, 1.82) is 0 Å². The Bertz CT molecular complexity index is 534. The van der Waals surface area contributed by atoms with Crippen LogP contribution in [0.2, 0.25) is 0 Å². The number of carbonyl (C=O) groups is 2. The zero-order valence-corrected chi connectivity index (χ0v) is 14.1. The Morgan fingerprint density at radius 1 is 1.26 bits per heavy atom. The highest BCUT2D eigenvalue weighted by Crippen LogP contribution is 2.27. The number of hydrogen-bond acceptors (Lipinski definition) is 4. The van der Waals surface area contributed by atoms with E-state index < -0.39 is 0 Å². The second-order valence-corrected chi connectivity index (χ2v) is 5.11. The average molecular weight is 323 g/mol. The van der Waals surface area contributed by atoms with Gasteiger partial charge < -0.3 is 25.4 Å². The molecule has 0 aliphatic carbocycles. The first kappa shape index (κ1) is 18.8. The molecule has 0 saturated carbocycles. The fourth-order valence-electron chi connectivity index (χ4n) is 1.86. The molecule has 1 rings (SSSR count). The quantitative estimate of drug-likeness (QED) is 0.686. The SMILES string of the molecule is CCCO[C@H](C)CNC(=O)Nc1ccc(OC)c(NC(C)=O)c1. The lowest BCUT2D eigenvalue weighted by molar-refractivity contribution is -0.114. The number of anilines is 2. The molecule has 23 heavy (non-hydrogen) atoms. The number of ether oxygens (including phenoxy) is 2. The van der Waals surface area contributed by atoms with Crippen molar-refractivity contribution in [2.24, 2.45) is 0 Å². The number of hydrogen-bond donors (Lipinski definition) is 3. The summed E-state index contributed by atoms with van der Waals surface area (Å²) in [6, 6.07) is 4.67. The molecule has 0 saturated heterocycles. The second kappa shape index (κ2) is 9.68. The fraction of sp³-hybridized carbons (Fsp3) is 0.500. The van der Waals surface area contributed by atoms with Gasteiger partial charge in [0.05, 0.1) is 18.9 Å². The van der Waals surface area contributed by atoms with E-state index in [-0.39, 0.29) is 18.0 Å². The van der Waals surface area contributed by atoms with Crippen molar-refractivity contribution >= 4 is 23.3 Å². The van der Waals surface area contributed by atoms with Crippen molar-refractivity contribution in [2.75, 3.05) is 30.9 Å². The lowest BCUT2D eigenvalue weighted by Gasteiger charge is -2.15. The molecule has 1 aromatic rings. The lowest BCUT2D eigenvalue weighted by atomic mass is 10.2. The monoisotopic (exact) mass is 323 g/mol. The summed E-state index contributed by atoms with van der Waals surface area (Å²) in [5, 5.41) is 8.10. The smallest absolute Gasteiger partial charge is 0.319 e. The molecule has 1 atom stereocenters. The summed E-state index contributed by atoms with van der Waals surface area (Å²) >= 11 is 0. The molecule has 7 heteroatoms. The van der Waals surface area contributed by atoms with Crippen molar-refractivity contribution in [3.8, 4) is 5.75 Å². The first-order valence-corrected chi connectivity index (χ1v) is 7.58. The summed E-state index contributed by atoms with van der Waals surface area (Å²) in [7, 11) is 1.51. The molecule has 0 fully saturated rings. The zero-order chi connectivity index (χ0) is 17.2. The topological polar surface area (TPSA) is 88.7 Å². The van der Waals surface area contributed by atoms with Crippen molar-refractivity contribution in [1.82, 2.24) is 5.32 Å². The van der Waals surface area contributed by atoms with Crippen LogP contribution < -0.4 is 20.7 Å². The van der Waals surface area contributed by atoms with E-state index in [0.29, 0.717) is 30.3 Å². The van der Waals surface area contributed by atoms with Gasteiger partial charge in [0.25, 0.3) is 0 Å². The molecule has 7 nitrogen and oxygen atoms in total. The van der Waals surface area contributed by atoms with Gasteiger partial charge in [0.1, 0.15) is 5.75 Å². The normalized spacial score (nSPS) is 11.5. The van der Waals surface area contributed by atoms with E-state index in [9.17, 15) is 9.59 Å². The van der Waals surface area contributed by atoms with E-state index in [1.165, 1.54) is 14.0 Å². The Balaban J connectivity index is 2.59. The maximum Gasteiger partial charge on any atom is 0.319 e. The van der Waals surface area contributed by atoms with Crippen LogP contribution in [0.3, 0.4) is 0 Å².